The molecule has 0 saturated heterocycles. The molecule has 0 aromatic carbocycles. The van der Waals surface area contributed by atoms with Crippen LogP contribution < -0.4 is 0 Å². The van der Waals surface area contributed by atoms with E-state index in [1.54, 1.807) is 0 Å². The predicted molar refractivity (Wildman–Crippen MR) is 107 cm³/mol. The molecular formula is C24H32O5. The Balaban J connectivity index is 1.46. The Hall–Kier alpha value is -1.62. The number of carbonyl (C=O) groups is 2. The number of ether oxygens (including phenoxy) is 2. The molecule has 3 fully saturated rings. The Labute approximate surface area is 172 Å². The summed E-state index contributed by atoms with van der Waals surface area (Å²) in [6, 6.07) is 0. The molecular weight excluding hydrogens is 368 g/mol. The second kappa shape index (κ2) is 6.19. The summed E-state index contributed by atoms with van der Waals surface area (Å²) in [7, 11) is 0. The summed E-state index contributed by atoms with van der Waals surface area (Å²) in [4.78, 5) is 24.2. The van der Waals surface area contributed by atoms with Gasteiger partial charge in [0.15, 0.2) is 11.4 Å². The zero-order chi connectivity index (χ0) is 20.6. The van der Waals surface area contributed by atoms with Gasteiger partial charge in [0, 0.05) is 24.8 Å². The highest BCUT2D eigenvalue weighted by molar-refractivity contribution is 5.99. The van der Waals surface area contributed by atoms with E-state index in [0.29, 0.717) is 11.8 Å². The van der Waals surface area contributed by atoms with Crippen LogP contribution in [0.4, 0.5) is 0 Å². The van der Waals surface area contributed by atoms with Crippen molar-refractivity contribution in [3.05, 3.63) is 24.0 Å². The first kappa shape index (κ1) is 19.3. The molecule has 8 unspecified atom stereocenters. The Bertz CT molecular complexity index is 814. The minimum atomic E-state index is -1.39. The normalized spacial score (nSPS) is 50.4. The molecule has 3 saturated carbocycles. The standard InChI is InChI=1S/C24H32O5/c1-14(25)29-16-6-9-22(2)15(12-16)4-5-17-18(22)7-10-23(3)19(17)13-21-24(23,27)20(26)8-11-28-21/h4,8,11,16-19,21,27H,5-7,9-10,12-13H2,1-3H3. The summed E-state index contributed by atoms with van der Waals surface area (Å²) in [5.41, 5.74) is -0.254. The van der Waals surface area contributed by atoms with E-state index in [-0.39, 0.29) is 29.2 Å². The fourth-order valence-electron chi connectivity index (χ4n) is 7.88. The molecule has 0 spiro atoms. The molecule has 1 aliphatic heterocycles. The predicted octanol–water partition coefficient (Wildman–Crippen LogP) is 3.70. The zero-order valence-electron chi connectivity index (χ0n) is 17.6. The topological polar surface area (TPSA) is 72.8 Å². The highest BCUT2D eigenvalue weighted by atomic mass is 16.5. The Kier molecular flexibility index (Phi) is 4.13. The largest absolute Gasteiger partial charge is 0.494 e. The SMILES string of the molecule is CC(=O)OC1CCC2(C)C(=CCC3C2CCC2(C)C3CC3OC=CC(=O)C32O)C1. The van der Waals surface area contributed by atoms with E-state index in [1.165, 1.54) is 24.8 Å². The maximum absolute atomic E-state index is 12.8. The lowest BCUT2D eigenvalue weighted by Gasteiger charge is -2.58. The van der Waals surface area contributed by atoms with Crippen LogP contribution in [0, 0.1) is 28.6 Å². The average Bonchev–Trinajstić information content (AvgIpc) is 2.91. The van der Waals surface area contributed by atoms with Crippen molar-refractivity contribution in [2.75, 3.05) is 0 Å². The van der Waals surface area contributed by atoms with Crippen LogP contribution >= 0.6 is 0 Å². The number of hydrogen-bond donors (Lipinski definition) is 1. The lowest BCUT2D eigenvalue weighted by atomic mass is 9.46. The van der Waals surface area contributed by atoms with Crippen LogP contribution in [0.3, 0.4) is 0 Å². The van der Waals surface area contributed by atoms with Crippen LogP contribution in [0.1, 0.15) is 65.7 Å². The van der Waals surface area contributed by atoms with Gasteiger partial charge in [-0.15, -0.1) is 0 Å². The van der Waals surface area contributed by atoms with E-state index in [0.717, 1.165) is 44.9 Å². The van der Waals surface area contributed by atoms with Crippen molar-refractivity contribution >= 4 is 11.8 Å². The Morgan fingerprint density at radius 2 is 2.03 bits per heavy atom. The molecule has 1 heterocycles. The molecule has 5 nitrogen and oxygen atoms in total. The molecule has 5 heteroatoms. The molecule has 5 aliphatic rings. The van der Waals surface area contributed by atoms with E-state index in [1.807, 2.05) is 0 Å². The number of esters is 1. The molecule has 0 radical (unpaired) electrons. The summed E-state index contributed by atoms with van der Waals surface area (Å²) in [5, 5.41) is 11.5. The first-order valence-electron chi connectivity index (χ1n) is 11.2. The molecule has 5 rings (SSSR count). The van der Waals surface area contributed by atoms with Crippen LogP contribution in [-0.2, 0) is 19.1 Å². The average molecular weight is 401 g/mol. The number of rotatable bonds is 1. The Morgan fingerprint density at radius 1 is 1.24 bits per heavy atom. The van der Waals surface area contributed by atoms with Crippen molar-refractivity contribution in [2.45, 2.75) is 83.5 Å². The van der Waals surface area contributed by atoms with Gasteiger partial charge in [0.2, 0.25) is 0 Å². The van der Waals surface area contributed by atoms with Crippen LogP contribution in [0.25, 0.3) is 0 Å². The van der Waals surface area contributed by atoms with Crippen molar-refractivity contribution < 1.29 is 24.2 Å². The molecule has 0 aromatic heterocycles. The van der Waals surface area contributed by atoms with E-state index in [9.17, 15) is 14.7 Å². The van der Waals surface area contributed by atoms with Crippen LogP contribution in [0.2, 0.25) is 0 Å². The van der Waals surface area contributed by atoms with Gasteiger partial charge in [0.1, 0.15) is 12.2 Å². The molecule has 0 bridgehead atoms. The van der Waals surface area contributed by atoms with Crippen LogP contribution in [0.5, 0.6) is 0 Å². The van der Waals surface area contributed by atoms with Crippen molar-refractivity contribution in [1.29, 1.82) is 0 Å². The summed E-state index contributed by atoms with van der Waals surface area (Å²) in [6.45, 7) is 6.00. The number of ketones is 1. The first-order chi connectivity index (χ1) is 13.7. The van der Waals surface area contributed by atoms with Gasteiger partial charge < -0.3 is 14.6 Å². The van der Waals surface area contributed by atoms with E-state index >= 15 is 0 Å². The van der Waals surface area contributed by atoms with Crippen molar-refractivity contribution in [1.82, 2.24) is 0 Å². The maximum Gasteiger partial charge on any atom is 0.302 e. The number of allylic oxidation sites excluding steroid dienone is 1. The first-order valence-corrected chi connectivity index (χ1v) is 11.2. The summed E-state index contributed by atoms with van der Waals surface area (Å²) in [5.74, 6) is 0.907. The summed E-state index contributed by atoms with van der Waals surface area (Å²) in [6.07, 6.45) is 11.2. The molecule has 158 valence electrons. The van der Waals surface area contributed by atoms with Gasteiger partial charge >= 0.3 is 5.97 Å². The highest BCUT2D eigenvalue weighted by Crippen LogP contribution is 2.68. The van der Waals surface area contributed by atoms with E-state index in [2.05, 4.69) is 19.9 Å². The lowest BCUT2D eigenvalue weighted by molar-refractivity contribution is -0.175. The van der Waals surface area contributed by atoms with Gasteiger partial charge in [-0.25, -0.2) is 0 Å². The number of carbonyl (C=O) groups excluding carboxylic acids is 2. The van der Waals surface area contributed by atoms with Gasteiger partial charge in [0.25, 0.3) is 0 Å². The third-order valence-corrected chi connectivity index (χ3v) is 9.42. The summed E-state index contributed by atoms with van der Waals surface area (Å²) >= 11 is 0. The van der Waals surface area contributed by atoms with Crippen LogP contribution in [-0.4, -0.2) is 34.7 Å². The second-order valence-corrected chi connectivity index (χ2v) is 10.5. The third kappa shape index (κ3) is 2.43. The summed E-state index contributed by atoms with van der Waals surface area (Å²) < 4.78 is 11.3. The van der Waals surface area contributed by atoms with Gasteiger partial charge in [-0.05, 0) is 61.7 Å². The van der Waals surface area contributed by atoms with Gasteiger partial charge in [-0.1, -0.05) is 25.5 Å². The Morgan fingerprint density at radius 3 is 2.79 bits per heavy atom. The molecule has 4 aliphatic carbocycles. The minimum Gasteiger partial charge on any atom is -0.494 e. The fraction of sp³-hybridized carbons (Fsp3) is 0.750. The van der Waals surface area contributed by atoms with Crippen molar-refractivity contribution in [3.8, 4) is 0 Å². The quantitative estimate of drug-likeness (QED) is 0.537. The highest BCUT2D eigenvalue weighted by Gasteiger charge is 2.71. The monoisotopic (exact) mass is 400 g/mol. The van der Waals surface area contributed by atoms with E-state index < -0.39 is 17.1 Å². The number of aliphatic hydroxyl groups is 1. The van der Waals surface area contributed by atoms with Crippen molar-refractivity contribution in [2.24, 2.45) is 28.6 Å². The minimum absolute atomic E-state index is 0.00406. The van der Waals surface area contributed by atoms with Crippen molar-refractivity contribution in [3.63, 3.8) is 0 Å². The third-order valence-electron chi connectivity index (χ3n) is 9.42. The molecule has 29 heavy (non-hydrogen) atoms. The van der Waals surface area contributed by atoms with Gasteiger partial charge in [-0.3, -0.25) is 9.59 Å². The van der Waals surface area contributed by atoms with Gasteiger partial charge in [0.05, 0.1) is 6.26 Å². The van der Waals surface area contributed by atoms with E-state index in [4.69, 9.17) is 9.47 Å². The lowest BCUT2D eigenvalue weighted by Crippen LogP contribution is -2.60. The fourth-order valence-corrected chi connectivity index (χ4v) is 7.88. The molecule has 8 atom stereocenters. The molecule has 0 amide bonds. The van der Waals surface area contributed by atoms with Gasteiger partial charge in [-0.2, -0.15) is 0 Å². The molecule has 1 N–H and O–H groups in total. The smallest absolute Gasteiger partial charge is 0.302 e. The zero-order valence-corrected chi connectivity index (χ0v) is 17.6. The molecule has 0 aromatic rings. The number of hydrogen-bond acceptors (Lipinski definition) is 5. The maximum atomic E-state index is 12.8. The van der Waals surface area contributed by atoms with Crippen LogP contribution in [0.15, 0.2) is 24.0 Å². The second-order valence-electron chi connectivity index (χ2n) is 10.5. The number of fused-ring (bicyclic) bond motifs is 7.